The number of hydrogen-bond acceptors (Lipinski definition) is 4. The Morgan fingerprint density at radius 1 is 1.35 bits per heavy atom. The van der Waals surface area contributed by atoms with Gasteiger partial charge in [0.25, 0.3) is 0 Å². The van der Waals surface area contributed by atoms with Crippen molar-refractivity contribution >= 4 is 17.3 Å². The molecule has 0 aliphatic carbocycles. The van der Waals surface area contributed by atoms with Crippen molar-refractivity contribution in [2.75, 3.05) is 5.32 Å². The van der Waals surface area contributed by atoms with E-state index < -0.39 is 0 Å². The van der Waals surface area contributed by atoms with Crippen LogP contribution in [0.1, 0.15) is 11.3 Å². The average Bonchev–Trinajstić information content (AvgIpc) is 2.38. The first-order chi connectivity index (χ1) is 8.29. The maximum Gasteiger partial charge on any atom is 0.115 e. The molecule has 1 N–H and O–H groups in total. The van der Waals surface area contributed by atoms with E-state index in [1.165, 1.54) is 6.33 Å². The van der Waals surface area contributed by atoms with Crippen molar-refractivity contribution in [1.82, 2.24) is 9.97 Å². The summed E-state index contributed by atoms with van der Waals surface area (Å²) in [5.41, 5.74) is 2.13. The van der Waals surface area contributed by atoms with Crippen molar-refractivity contribution in [2.45, 2.75) is 6.54 Å². The van der Waals surface area contributed by atoms with Gasteiger partial charge in [-0.15, -0.1) is 0 Å². The first-order valence-electron chi connectivity index (χ1n) is 4.98. The summed E-state index contributed by atoms with van der Waals surface area (Å²) >= 11 is 5.81. The van der Waals surface area contributed by atoms with Crippen LogP contribution in [0.2, 0.25) is 5.02 Å². The Balaban J connectivity index is 2.12. The summed E-state index contributed by atoms with van der Waals surface area (Å²) < 4.78 is 0. The SMILES string of the molecule is N#Cc1cc(Cl)ccc1NCc1ccncn1. The summed E-state index contributed by atoms with van der Waals surface area (Å²) in [6, 6.07) is 9.06. The topological polar surface area (TPSA) is 61.6 Å². The van der Waals surface area contributed by atoms with E-state index in [0.29, 0.717) is 17.1 Å². The molecule has 0 spiro atoms. The Labute approximate surface area is 104 Å². The number of hydrogen-bond donors (Lipinski definition) is 1. The predicted molar refractivity (Wildman–Crippen MR) is 65.5 cm³/mol. The van der Waals surface area contributed by atoms with Crippen molar-refractivity contribution < 1.29 is 0 Å². The quantitative estimate of drug-likeness (QED) is 0.902. The lowest BCUT2D eigenvalue weighted by Crippen LogP contribution is -2.03. The van der Waals surface area contributed by atoms with Gasteiger partial charge >= 0.3 is 0 Å². The van der Waals surface area contributed by atoms with Crippen LogP contribution in [0, 0.1) is 11.3 Å². The molecule has 84 valence electrons. The minimum atomic E-state index is 0.520. The Kier molecular flexibility index (Phi) is 3.53. The lowest BCUT2D eigenvalue weighted by Gasteiger charge is -2.07. The van der Waals surface area contributed by atoms with Gasteiger partial charge in [-0.2, -0.15) is 5.26 Å². The van der Waals surface area contributed by atoms with E-state index in [2.05, 4.69) is 21.4 Å². The van der Waals surface area contributed by atoms with Gasteiger partial charge in [-0.1, -0.05) is 11.6 Å². The molecule has 0 saturated carbocycles. The highest BCUT2D eigenvalue weighted by atomic mass is 35.5. The van der Waals surface area contributed by atoms with Gasteiger partial charge in [-0.05, 0) is 24.3 Å². The molecule has 0 radical (unpaired) electrons. The fourth-order valence-electron chi connectivity index (χ4n) is 1.37. The van der Waals surface area contributed by atoms with Crippen molar-refractivity contribution in [3.8, 4) is 6.07 Å². The number of benzene rings is 1. The molecule has 0 saturated heterocycles. The van der Waals surface area contributed by atoms with Gasteiger partial charge in [0, 0.05) is 11.2 Å². The van der Waals surface area contributed by atoms with Gasteiger partial charge in [-0.3, -0.25) is 0 Å². The van der Waals surface area contributed by atoms with E-state index in [1.54, 1.807) is 24.4 Å². The summed E-state index contributed by atoms with van der Waals surface area (Å²) in [6.07, 6.45) is 3.17. The van der Waals surface area contributed by atoms with Crippen LogP contribution in [0.5, 0.6) is 0 Å². The summed E-state index contributed by atoms with van der Waals surface area (Å²) in [5, 5.41) is 12.7. The lowest BCUT2D eigenvalue weighted by atomic mass is 10.2. The van der Waals surface area contributed by atoms with Gasteiger partial charge in [-0.25, -0.2) is 9.97 Å². The van der Waals surface area contributed by atoms with Gasteiger partial charge in [0.05, 0.1) is 23.5 Å². The molecular weight excluding hydrogens is 236 g/mol. The van der Waals surface area contributed by atoms with Gasteiger partial charge in [0.1, 0.15) is 12.4 Å². The second kappa shape index (κ2) is 5.28. The van der Waals surface area contributed by atoms with Gasteiger partial charge in [0.2, 0.25) is 0 Å². The third-order valence-electron chi connectivity index (χ3n) is 2.21. The minimum absolute atomic E-state index is 0.520. The zero-order valence-electron chi connectivity index (χ0n) is 8.89. The zero-order chi connectivity index (χ0) is 12.1. The van der Waals surface area contributed by atoms with E-state index in [1.807, 2.05) is 6.07 Å². The van der Waals surface area contributed by atoms with Crippen LogP contribution in [0.3, 0.4) is 0 Å². The molecule has 0 amide bonds. The Morgan fingerprint density at radius 3 is 2.94 bits per heavy atom. The van der Waals surface area contributed by atoms with Gasteiger partial charge < -0.3 is 5.32 Å². The fraction of sp³-hybridized carbons (Fsp3) is 0.0833. The predicted octanol–water partition coefficient (Wildman–Crippen LogP) is 2.61. The van der Waals surface area contributed by atoms with E-state index >= 15 is 0 Å². The summed E-state index contributed by atoms with van der Waals surface area (Å²) in [7, 11) is 0. The van der Waals surface area contributed by atoms with E-state index in [4.69, 9.17) is 16.9 Å². The van der Waals surface area contributed by atoms with Crippen LogP contribution in [-0.2, 0) is 6.54 Å². The van der Waals surface area contributed by atoms with Gasteiger partial charge in [0.15, 0.2) is 0 Å². The second-order valence-electron chi connectivity index (χ2n) is 3.36. The van der Waals surface area contributed by atoms with E-state index in [-0.39, 0.29) is 0 Å². The second-order valence-corrected chi connectivity index (χ2v) is 3.79. The highest BCUT2D eigenvalue weighted by molar-refractivity contribution is 6.30. The molecule has 2 rings (SSSR count). The lowest BCUT2D eigenvalue weighted by molar-refractivity contribution is 1.01. The fourth-order valence-corrected chi connectivity index (χ4v) is 1.54. The summed E-state index contributed by atoms with van der Waals surface area (Å²) in [5.74, 6) is 0. The van der Waals surface area contributed by atoms with Crippen LogP contribution < -0.4 is 5.32 Å². The van der Waals surface area contributed by atoms with Crippen LogP contribution >= 0.6 is 11.6 Å². The van der Waals surface area contributed by atoms with E-state index in [9.17, 15) is 0 Å². The third kappa shape index (κ3) is 2.92. The molecule has 1 aromatic carbocycles. The molecule has 1 heterocycles. The summed E-state index contributed by atoms with van der Waals surface area (Å²) in [6.45, 7) is 0.541. The molecule has 0 aliphatic rings. The molecule has 0 aliphatic heterocycles. The Bertz CT molecular complexity index is 548. The normalized spacial score (nSPS) is 9.65. The number of nitrogens with one attached hydrogen (secondary N) is 1. The Hall–Kier alpha value is -2.12. The number of halogens is 1. The third-order valence-corrected chi connectivity index (χ3v) is 2.44. The van der Waals surface area contributed by atoms with Crippen LogP contribution in [0.4, 0.5) is 5.69 Å². The molecular formula is C12H9ClN4. The van der Waals surface area contributed by atoms with Crippen molar-refractivity contribution in [1.29, 1.82) is 5.26 Å². The maximum absolute atomic E-state index is 8.97. The van der Waals surface area contributed by atoms with Crippen LogP contribution in [-0.4, -0.2) is 9.97 Å². The van der Waals surface area contributed by atoms with Crippen molar-refractivity contribution in [3.05, 3.63) is 53.1 Å². The Morgan fingerprint density at radius 2 is 2.24 bits per heavy atom. The first-order valence-corrected chi connectivity index (χ1v) is 5.36. The monoisotopic (exact) mass is 244 g/mol. The largest absolute Gasteiger partial charge is 0.378 e. The molecule has 0 fully saturated rings. The zero-order valence-corrected chi connectivity index (χ0v) is 9.65. The molecule has 5 heteroatoms. The number of anilines is 1. The molecule has 0 atom stereocenters. The molecule has 17 heavy (non-hydrogen) atoms. The molecule has 0 bridgehead atoms. The van der Waals surface area contributed by atoms with Crippen LogP contribution in [0.25, 0.3) is 0 Å². The molecule has 0 unspecified atom stereocenters. The molecule has 2 aromatic rings. The van der Waals surface area contributed by atoms with E-state index in [0.717, 1.165) is 11.4 Å². The van der Waals surface area contributed by atoms with Crippen molar-refractivity contribution in [3.63, 3.8) is 0 Å². The first kappa shape index (κ1) is 11.4. The highest BCUT2D eigenvalue weighted by Gasteiger charge is 2.02. The number of rotatable bonds is 3. The highest BCUT2D eigenvalue weighted by Crippen LogP contribution is 2.20. The standard InChI is InChI=1S/C12H9ClN4/c13-10-1-2-12(9(5-10)6-14)16-7-11-3-4-15-8-17-11/h1-5,8,16H,7H2. The van der Waals surface area contributed by atoms with Crippen LogP contribution in [0.15, 0.2) is 36.8 Å². The molecule has 1 aromatic heterocycles. The summed E-state index contributed by atoms with van der Waals surface area (Å²) in [4.78, 5) is 7.92. The number of aromatic nitrogens is 2. The smallest absolute Gasteiger partial charge is 0.115 e. The maximum atomic E-state index is 8.97. The van der Waals surface area contributed by atoms with Crippen molar-refractivity contribution in [2.24, 2.45) is 0 Å². The number of nitriles is 1. The average molecular weight is 245 g/mol. The number of nitrogens with zero attached hydrogens (tertiary/aromatic N) is 3. The minimum Gasteiger partial charge on any atom is -0.378 e. The molecule has 4 nitrogen and oxygen atoms in total.